The minimum Gasteiger partial charge on any atom is -0.303 e. The SMILES string of the molecule is CCC1CCN(C)C(N)N1C. The van der Waals surface area contributed by atoms with Crippen LogP contribution in [0.2, 0.25) is 0 Å². The molecule has 2 unspecified atom stereocenters. The van der Waals surface area contributed by atoms with E-state index in [9.17, 15) is 0 Å². The molecular weight excluding hydrogens is 138 g/mol. The standard InChI is InChI=1S/C8H19N3/c1-4-7-5-6-10(2)8(9)11(7)3/h7-8H,4-6,9H2,1-3H3. The average molecular weight is 157 g/mol. The molecular formula is C8H19N3. The molecule has 0 amide bonds. The van der Waals surface area contributed by atoms with Crippen molar-refractivity contribution in [1.29, 1.82) is 0 Å². The lowest BCUT2D eigenvalue weighted by molar-refractivity contribution is 0.00302. The quantitative estimate of drug-likeness (QED) is 0.593. The van der Waals surface area contributed by atoms with Crippen molar-refractivity contribution >= 4 is 0 Å². The fourth-order valence-corrected chi connectivity index (χ4v) is 1.71. The largest absolute Gasteiger partial charge is 0.303 e. The molecule has 11 heavy (non-hydrogen) atoms. The molecule has 1 fully saturated rings. The number of nitrogens with zero attached hydrogens (tertiary/aromatic N) is 2. The van der Waals surface area contributed by atoms with Crippen LogP contribution in [0, 0.1) is 0 Å². The van der Waals surface area contributed by atoms with Gasteiger partial charge in [-0.05, 0) is 26.9 Å². The molecule has 0 aromatic rings. The number of rotatable bonds is 1. The zero-order valence-corrected chi connectivity index (χ0v) is 7.75. The van der Waals surface area contributed by atoms with Crippen molar-refractivity contribution in [2.45, 2.75) is 32.1 Å². The van der Waals surface area contributed by atoms with E-state index in [1.165, 1.54) is 12.8 Å². The molecule has 1 aliphatic rings. The number of hydrogen-bond donors (Lipinski definition) is 1. The summed E-state index contributed by atoms with van der Waals surface area (Å²) in [4.78, 5) is 4.44. The molecule has 0 bridgehead atoms. The van der Waals surface area contributed by atoms with E-state index in [0.29, 0.717) is 6.04 Å². The molecule has 0 aliphatic carbocycles. The first kappa shape index (κ1) is 8.97. The Morgan fingerprint density at radius 2 is 2.09 bits per heavy atom. The van der Waals surface area contributed by atoms with Crippen LogP contribution < -0.4 is 5.73 Å². The summed E-state index contributed by atoms with van der Waals surface area (Å²) < 4.78 is 0. The van der Waals surface area contributed by atoms with Crippen LogP contribution in [0.1, 0.15) is 19.8 Å². The molecule has 66 valence electrons. The van der Waals surface area contributed by atoms with Gasteiger partial charge in [0.05, 0.1) is 0 Å². The van der Waals surface area contributed by atoms with Crippen LogP contribution in [0.4, 0.5) is 0 Å². The third-order valence-electron chi connectivity index (χ3n) is 2.73. The van der Waals surface area contributed by atoms with Gasteiger partial charge in [0.2, 0.25) is 0 Å². The Morgan fingerprint density at radius 1 is 1.45 bits per heavy atom. The van der Waals surface area contributed by atoms with Crippen molar-refractivity contribution < 1.29 is 0 Å². The van der Waals surface area contributed by atoms with Gasteiger partial charge in [-0.2, -0.15) is 0 Å². The topological polar surface area (TPSA) is 32.5 Å². The van der Waals surface area contributed by atoms with E-state index in [1.807, 2.05) is 0 Å². The third-order valence-corrected chi connectivity index (χ3v) is 2.73. The van der Waals surface area contributed by atoms with Crippen molar-refractivity contribution in [2.24, 2.45) is 5.73 Å². The molecule has 0 aromatic heterocycles. The van der Waals surface area contributed by atoms with Gasteiger partial charge in [0.1, 0.15) is 6.29 Å². The van der Waals surface area contributed by atoms with E-state index >= 15 is 0 Å². The molecule has 3 heteroatoms. The molecule has 1 heterocycles. The molecule has 2 N–H and O–H groups in total. The highest BCUT2D eigenvalue weighted by molar-refractivity contribution is 4.78. The highest BCUT2D eigenvalue weighted by atomic mass is 15.4. The van der Waals surface area contributed by atoms with Gasteiger partial charge < -0.3 is 5.73 Å². The van der Waals surface area contributed by atoms with Crippen molar-refractivity contribution in [3.05, 3.63) is 0 Å². The summed E-state index contributed by atoms with van der Waals surface area (Å²) in [6.07, 6.45) is 2.57. The monoisotopic (exact) mass is 157 g/mol. The fourth-order valence-electron chi connectivity index (χ4n) is 1.71. The van der Waals surface area contributed by atoms with Crippen molar-refractivity contribution in [3.63, 3.8) is 0 Å². The van der Waals surface area contributed by atoms with E-state index in [0.717, 1.165) is 6.54 Å². The molecule has 1 aliphatic heterocycles. The van der Waals surface area contributed by atoms with E-state index in [-0.39, 0.29) is 6.29 Å². The van der Waals surface area contributed by atoms with Gasteiger partial charge in [-0.3, -0.25) is 9.80 Å². The van der Waals surface area contributed by atoms with Crippen molar-refractivity contribution in [1.82, 2.24) is 9.80 Å². The van der Waals surface area contributed by atoms with Crippen LogP contribution in [0.15, 0.2) is 0 Å². The predicted molar refractivity (Wildman–Crippen MR) is 47.1 cm³/mol. The van der Waals surface area contributed by atoms with Gasteiger partial charge in [-0.25, -0.2) is 0 Å². The summed E-state index contributed by atoms with van der Waals surface area (Å²) in [7, 11) is 4.18. The maximum Gasteiger partial charge on any atom is 0.114 e. The fraction of sp³-hybridized carbons (Fsp3) is 1.00. The minimum atomic E-state index is 0.119. The maximum atomic E-state index is 5.94. The maximum absolute atomic E-state index is 5.94. The van der Waals surface area contributed by atoms with Crippen LogP contribution in [0.3, 0.4) is 0 Å². The van der Waals surface area contributed by atoms with Crippen molar-refractivity contribution in [3.8, 4) is 0 Å². The lowest BCUT2D eigenvalue weighted by Crippen LogP contribution is -2.59. The van der Waals surface area contributed by atoms with Gasteiger partial charge in [0, 0.05) is 12.6 Å². The molecule has 3 nitrogen and oxygen atoms in total. The zero-order chi connectivity index (χ0) is 8.43. The van der Waals surface area contributed by atoms with E-state index in [2.05, 4.69) is 30.8 Å². The van der Waals surface area contributed by atoms with Crippen molar-refractivity contribution in [2.75, 3.05) is 20.6 Å². The van der Waals surface area contributed by atoms with Crippen LogP contribution in [-0.4, -0.2) is 42.8 Å². The minimum absolute atomic E-state index is 0.119. The Kier molecular flexibility index (Phi) is 2.87. The summed E-state index contributed by atoms with van der Waals surface area (Å²) in [5, 5.41) is 0. The Hall–Kier alpha value is -0.120. The van der Waals surface area contributed by atoms with E-state index in [1.54, 1.807) is 0 Å². The second-order valence-corrected chi connectivity index (χ2v) is 3.41. The molecule has 1 rings (SSSR count). The molecule has 1 saturated heterocycles. The second kappa shape index (κ2) is 3.52. The predicted octanol–water partition coefficient (Wildman–Crippen LogP) is 0.275. The highest BCUT2D eigenvalue weighted by Gasteiger charge is 2.26. The highest BCUT2D eigenvalue weighted by Crippen LogP contribution is 2.15. The molecule has 0 spiro atoms. The van der Waals surface area contributed by atoms with Gasteiger partial charge >= 0.3 is 0 Å². The average Bonchev–Trinajstić information content (AvgIpc) is 2.01. The Labute approximate surface area is 69.1 Å². The number of hydrogen-bond acceptors (Lipinski definition) is 3. The molecule has 0 aromatic carbocycles. The lowest BCUT2D eigenvalue weighted by atomic mass is 10.1. The Bertz CT molecular complexity index is 125. The summed E-state index contributed by atoms with van der Waals surface area (Å²) in [5.41, 5.74) is 5.94. The summed E-state index contributed by atoms with van der Waals surface area (Å²) in [5.74, 6) is 0. The van der Waals surface area contributed by atoms with Crippen LogP contribution in [0.5, 0.6) is 0 Å². The van der Waals surface area contributed by atoms with E-state index < -0.39 is 0 Å². The second-order valence-electron chi connectivity index (χ2n) is 3.41. The molecule has 0 radical (unpaired) electrons. The lowest BCUT2D eigenvalue weighted by Gasteiger charge is -2.42. The van der Waals surface area contributed by atoms with Crippen LogP contribution in [-0.2, 0) is 0 Å². The van der Waals surface area contributed by atoms with E-state index in [4.69, 9.17) is 5.73 Å². The Balaban J connectivity index is 2.52. The van der Waals surface area contributed by atoms with Gasteiger partial charge in [-0.15, -0.1) is 0 Å². The molecule has 0 saturated carbocycles. The number of nitrogens with two attached hydrogens (primary N) is 1. The zero-order valence-electron chi connectivity index (χ0n) is 7.75. The third kappa shape index (κ3) is 1.72. The summed E-state index contributed by atoms with van der Waals surface area (Å²) >= 11 is 0. The first-order valence-corrected chi connectivity index (χ1v) is 4.34. The summed E-state index contributed by atoms with van der Waals surface area (Å²) in [6.45, 7) is 3.35. The van der Waals surface area contributed by atoms with Gasteiger partial charge in [0.25, 0.3) is 0 Å². The smallest absolute Gasteiger partial charge is 0.114 e. The summed E-state index contributed by atoms with van der Waals surface area (Å²) in [6, 6.07) is 0.682. The normalized spacial score (nSPS) is 36.0. The Morgan fingerprint density at radius 3 is 2.64 bits per heavy atom. The first-order chi connectivity index (χ1) is 5.16. The van der Waals surface area contributed by atoms with Gasteiger partial charge in [0.15, 0.2) is 0 Å². The van der Waals surface area contributed by atoms with Gasteiger partial charge in [-0.1, -0.05) is 6.92 Å². The first-order valence-electron chi connectivity index (χ1n) is 4.34. The van der Waals surface area contributed by atoms with Crippen LogP contribution in [0.25, 0.3) is 0 Å². The van der Waals surface area contributed by atoms with Crippen LogP contribution >= 0.6 is 0 Å². The molecule has 2 atom stereocenters.